The highest BCUT2D eigenvalue weighted by Crippen LogP contribution is 2.12. The van der Waals surface area contributed by atoms with Crippen molar-refractivity contribution in [3.63, 3.8) is 0 Å². The van der Waals surface area contributed by atoms with E-state index in [9.17, 15) is 4.79 Å². The zero-order valence-electron chi connectivity index (χ0n) is 9.60. The number of hydrogen-bond donors (Lipinski definition) is 1. The smallest absolute Gasteiger partial charge is 0.408 e. The minimum absolute atomic E-state index is 0.0535. The normalized spacial score (nSPS) is 9.18. The first-order chi connectivity index (χ1) is 8.26. The van der Waals surface area contributed by atoms with Crippen molar-refractivity contribution in [3.05, 3.63) is 29.8 Å². The lowest BCUT2D eigenvalue weighted by Crippen LogP contribution is -2.24. The van der Waals surface area contributed by atoms with Crippen molar-refractivity contribution in [2.45, 2.75) is 13.5 Å². The summed E-state index contributed by atoms with van der Waals surface area (Å²) in [5.41, 5.74) is 0.862. The number of nitriles is 1. The van der Waals surface area contributed by atoms with Crippen LogP contribution in [0.2, 0.25) is 0 Å². The van der Waals surface area contributed by atoms with Crippen LogP contribution in [-0.2, 0) is 11.3 Å². The van der Waals surface area contributed by atoms with Crippen LogP contribution in [0.3, 0.4) is 0 Å². The van der Waals surface area contributed by atoms with Crippen molar-refractivity contribution in [1.29, 1.82) is 5.26 Å². The van der Waals surface area contributed by atoms with Crippen molar-refractivity contribution in [3.8, 4) is 11.8 Å². The topological polar surface area (TPSA) is 71.3 Å². The Morgan fingerprint density at radius 2 is 2.12 bits per heavy atom. The molecular weight excluding hydrogens is 220 g/mol. The molecule has 1 aromatic rings. The van der Waals surface area contributed by atoms with E-state index in [0.717, 1.165) is 11.3 Å². The van der Waals surface area contributed by atoms with Gasteiger partial charge in [-0.3, -0.25) is 0 Å². The number of amides is 1. The van der Waals surface area contributed by atoms with Gasteiger partial charge < -0.3 is 14.8 Å². The Bertz CT molecular complexity index is 395. The van der Waals surface area contributed by atoms with E-state index in [2.05, 4.69) is 5.32 Å². The molecule has 0 radical (unpaired) electrons. The Morgan fingerprint density at radius 1 is 1.41 bits per heavy atom. The van der Waals surface area contributed by atoms with Gasteiger partial charge in [0.15, 0.2) is 0 Å². The lowest BCUT2D eigenvalue weighted by atomic mass is 10.2. The van der Waals surface area contributed by atoms with E-state index in [0.29, 0.717) is 6.61 Å². The van der Waals surface area contributed by atoms with E-state index in [-0.39, 0.29) is 13.2 Å². The third kappa shape index (κ3) is 4.89. The zero-order chi connectivity index (χ0) is 12.5. The maximum atomic E-state index is 11.0. The summed E-state index contributed by atoms with van der Waals surface area (Å²) in [5, 5.41) is 10.5. The summed E-state index contributed by atoms with van der Waals surface area (Å²) in [6, 6.07) is 9.06. The Labute approximate surface area is 100.0 Å². The summed E-state index contributed by atoms with van der Waals surface area (Å²) >= 11 is 0. The van der Waals surface area contributed by atoms with Gasteiger partial charge in [-0.25, -0.2) is 4.79 Å². The molecule has 0 aliphatic rings. The number of nitrogens with one attached hydrogen (secondary N) is 1. The monoisotopic (exact) mass is 234 g/mol. The average molecular weight is 234 g/mol. The number of hydrogen-bond acceptors (Lipinski definition) is 4. The first-order valence-corrected chi connectivity index (χ1v) is 5.25. The molecule has 0 aromatic heterocycles. The van der Waals surface area contributed by atoms with Gasteiger partial charge in [-0.15, -0.1) is 0 Å². The van der Waals surface area contributed by atoms with Gasteiger partial charge in [0, 0.05) is 0 Å². The second-order valence-corrected chi connectivity index (χ2v) is 3.16. The van der Waals surface area contributed by atoms with E-state index in [4.69, 9.17) is 14.7 Å². The second kappa shape index (κ2) is 7.12. The quantitative estimate of drug-likeness (QED) is 0.789. The van der Waals surface area contributed by atoms with Gasteiger partial charge in [0.05, 0.1) is 12.7 Å². The summed E-state index contributed by atoms with van der Waals surface area (Å²) in [6.07, 6.45) is -0.597. The highest BCUT2D eigenvalue weighted by atomic mass is 16.5. The first-order valence-electron chi connectivity index (χ1n) is 5.25. The maximum Gasteiger partial charge on any atom is 0.408 e. The van der Waals surface area contributed by atoms with Crippen LogP contribution in [0.4, 0.5) is 4.79 Å². The molecule has 0 saturated heterocycles. The molecule has 5 nitrogen and oxygen atoms in total. The number of rotatable bonds is 5. The number of alkyl carbamates (subject to hydrolysis) is 1. The average Bonchev–Trinajstić information content (AvgIpc) is 2.36. The van der Waals surface area contributed by atoms with Crippen LogP contribution < -0.4 is 10.1 Å². The van der Waals surface area contributed by atoms with E-state index >= 15 is 0 Å². The number of ether oxygens (including phenoxy) is 2. The van der Waals surface area contributed by atoms with Crippen molar-refractivity contribution < 1.29 is 14.3 Å². The van der Waals surface area contributed by atoms with Crippen molar-refractivity contribution >= 4 is 6.09 Å². The highest BCUT2D eigenvalue weighted by molar-refractivity contribution is 5.67. The highest BCUT2D eigenvalue weighted by Gasteiger charge is 2.01. The molecule has 1 rings (SSSR count). The molecule has 1 amide bonds. The van der Waals surface area contributed by atoms with Crippen LogP contribution in [0.1, 0.15) is 12.5 Å². The molecule has 0 unspecified atom stereocenters. The number of carbonyl (C=O) groups is 1. The molecular formula is C12H14N2O3. The van der Waals surface area contributed by atoms with Crippen LogP contribution in [0.5, 0.6) is 5.75 Å². The molecule has 0 aliphatic carbocycles. The molecule has 0 bridgehead atoms. The molecule has 0 saturated carbocycles. The predicted octanol–water partition coefficient (Wildman–Crippen LogP) is 1.84. The van der Waals surface area contributed by atoms with Crippen LogP contribution in [0, 0.1) is 11.3 Å². The van der Waals surface area contributed by atoms with Gasteiger partial charge in [-0.1, -0.05) is 12.1 Å². The zero-order valence-corrected chi connectivity index (χ0v) is 9.60. The van der Waals surface area contributed by atoms with E-state index in [1.54, 1.807) is 6.07 Å². The van der Waals surface area contributed by atoms with E-state index < -0.39 is 6.09 Å². The molecule has 0 spiro atoms. The number of benzene rings is 1. The lowest BCUT2D eigenvalue weighted by molar-refractivity contribution is 0.141. The van der Waals surface area contributed by atoms with Gasteiger partial charge in [0.25, 0.3) is 0 Å². The van der Waals surface area contributed by atoms with Crippen LogP contribution >= 0.6 is 0 Å². The summed E-state index contributed by atoms with van der Waals surface area (Å²) in [5.74, 6) is 0.783. The van der Waals surface area contributed by atoms with Crippen molar-refractivity contribution in [2.24, 2.45) is 0 Å². The summed E-state index contributed by atoms with van der Waals surface area (Å²) in [6.45, 7) is 2.65. The standard InChI is InChI=1S/C12H14N2O3/c1-2-16-11-5-3-10(4-6-11)9-17-12(15)14-8-7-13/h3-6H,2,8-9H2,1H3,(H,14,15). The molecule has 90 valence electrons. The molecule has 0 aliphatic heterocycles. The Kier molecular flexibility index (Phi) is 5.38. The largest absolute Gasteiger partial charge is 0.494 e. The van der Waals surface area contributed by atoms with Gasteiger partial charge in [-0.05, 0) is 24.6 Å². The summed E-state index contributed by atoms with van der Waals surface area (Å²) < 4.78 is 10.2. The number of nitrogens with zero attached hydrogens (tertiary/aromatic N) is 1. The third-order valence-electron chi connectivity index (χ3n) is 1.92. The fraction of sp³-hybridized carbons (Fsp3) is 0.333. The molecule has 5 heteroatoms. The summed E-state index contributed by atoms with van der Waals surface area (Å²) in [7, 11) is 0. The molecule has 17 heavy (non-hydrogen) atoms. The Balaban J connectivity index is 2.37. The SMILES string of the molecule is CCOc1ccc(COC(=O)NCC#N)cc1. The fourth-order valence-corrected chi connectivity index (χ4v) is 1.16. The minimum atomic E-state index is -0.597. The van der Waals surface area contributed by atoms with Crippen LogP contribution in [0.15, 0.2) is 24.3 Å². The summed E-state index contributed by atoms with van der Waals surface area (Å²) in [4.78, 5) is 11.0. The van der Waals surface area contributed by atoms with Crippen molar-refractivity contribution in [1.82, 2.24) is 5.32 Å². The first kappa shape index (κ1) is 12.8. The van der Waals surface area contributed by atoms with Gasteiger partial charge in [0.2, 0.25) is 0 Å². The maximum absolute atomic E-state index is 11.0. The minimum Gasteiger partial charge on any atom is -0.494 e. The second-order valence-electron chi connectivity index (χ2n) is 3.16. The molecule has 0 heterocycles. The molecule has 0 atom stereocenters. The predicted molar refractivity (Wildman–Crippen MR) is 61.4 cm³/mol. The Morgan fingerprint density at radius 3 is 2.71 bits per heavy atom. The number of carbonyl (C=O) groups excluding carboxylic acids is 1. The fourth-order valence-electron chi connectivity index (χ4n) is 1.16. The van der Waals surface area contributed by atoms with Gasteiger partial charge in [-0.2, -0.15) is 5.26 Å². The molecule has 1 aromatic carbocycles. The van der Waals surface area contributed by atoms with E-state index in [1.165, 1.54) is 0 Å². The Hall–Kier alpha value is -2.22. The molecule has 1 N–H and O–H groups in total. The van der Waals surface area contributed by atoms with Crippen LogP contribution in [0.25, 0.3) is 0 Å². The van der Waals surface area contributed by atoms with Gasteiger partial charge >= 0.3 is 6.09 Å². The third-order valence-corrected chi connectivity index (χ3v) is 1.92. The molecule has 0 fully saturated rings. The van der Waals surface area contributed by atoms with Crippen LogP contribution in [-0.4, -0.2) is 19.2 Å². The lowest BCUT2D eigenvalue weighted by Gasteiger charge is -2.06. The van der Waals surface area contributed by atoms with Gasteiger partial charge in [0.1, 0.15) is 18.9 Å². The van der Waals surface area contributed by atoms with Crippen molar-refractivity contribution in [2.75, 3.05) is 13.2 Å². The van der Waals surface area contributed by atoms with E-state index in [1.807, 2.05) is 31.2 Å².